The summed E-state index contributed by atoms with van der Waals surface area (Å²) in [4.78, 5) is 14.3. The molecule has 0 radical (unpaired) electrons. The van der Waals surface area contributed by atoms with Crippen LogP contribution in [0.3, 0.4) is 0 Å². The molecular formula is C14H17N5O. The first-order valence-electron chi connectivity index (χ1n) is 6.60. The smallest absolute Gasteiger partial charge is 0.278 e. The topological polar surface area (TPSA) is 74.8 Å². The summed E-state index contributed by atoms with van der Waals surface area (Å²) in [5, 5.41) is 17.4. The Bertz CT molecular complexity index is 688. The molecule has 0 aliphatic heterocycles. The van der Waals surface area contributed by atoms with Gasteiger partial charge in [-0.15, -0.1) is 5.10 Å². The van der Waals surface area contributed by atoms with Crippen LogP contribution in [0.4, 0.5) is 0 Å². The van der Waals surface area contributed by atoms with E-state index in [1.165, 1.54) is 4.68 Å². The highest BCUT2D eigenvalue weighted by Gasteiger charge is 2.11. The normalized spacial score (nSPS) is 12.5. The van der Waals surface area contributed by atoms with Gasteiger partial charge in [0.1, 0.15) is 5.52 Å². The van der Waals surface area contributed by atoms with Crippen molar-refractivity contribution in [3.05, 3.63) is 34.6 Å². The lowest BCUT2D eigenvalue weighted by Gasteiger charge is -2.21. The molecule has 0 N–H and O–H groups in total. The fourth-order valence-electron chi connectivity index (χ4n) is 2.02. The maximum absolute atomic E-state index is 12.3. The minimum atomic E-state index is -0.154. The average molecular weight is 271 g/mol. The van der Waals surface area contributed by atoms with Crippen molar-refractivity contribution in [2.75, 3.05) is 13.1 Å². The molecule has 6 nitrogen and oxygen atoms in total. The number of fused-ring (bicyclic) bond motifs is 1. The summed E-state index contributed by atoms with van der Waals surface area (Å²) >= 11 is 0. The molecule has 104 valence electrons. The van der Waals surface area contributed by atoms with Crippen molar-refractivity contribution in [2.45, 2.75) is 20.5 Å². The summed E-state index contributed by atoms with van der Waals surface area (Å²) in [6.07, 6.45) is 0. The third-order valence-corrected chi connectivity index (χ3v) is 3.16. The van der Waals surface area contributed by atoms with E-state index in [0.717, 1.165) is 6.54 Å². The van der Waals surface area contributed by atoms with E-state index in [1.54, 1.807) is 12.1 Å². The molecule has 2 rings (SSSR count). The molecular weight excluding hydrogens is 254 g/mol. The Morgan fingerprint density at radius 1 is 1.45 bits per heavy atom. The maximum atomic E-state index is 12.3. The van der Waals surface area contributed by atoms with E-state index in [2.05, 4.69) is 16.4 Å². The third-order valence-electron chi connectivity index (χ3n) is 3.16. The van der Waals surface area contributed by atoms with E-state index in [9.17, 15) is 4.79 Å². The number of nitrogens with zero attached hydrogens (tertiary/aromatic N) is 5. The minimum Gasteiger partial charge on any atom is -0.283 e. The van der Waals surface area contributed by atoms with Crippen molar-refractivity contribution in [2.24, 2.45) is 5.92 Å². The van der Waals surface area contributed by atoms with Crippen molar-refractivity contribution >= 4 is 10.9 Å². The lowest BCUT2D eigenvalue weighted by molar-refractivity contribution is 0.196. The molecule has 0 saturated heterocycles. The minimum absolute atomic E-state index is 0.0842. The summed E-state index contributed by atoms with van der Waals surface area (Å²) in [5.74, 6) is -0.0842. The van der Waals surface area contributed by atoms with Crippen LogP contribution in [0.25, 0.3) is 10.9 Å². The van der Waals surface area contributed by atoms with Crippen LogP contribution >= 0.6 is 0 Å². The molecule has 2 aromatic rings. The van der Waals surface area contributed by atoms with Gasteiger partial charge in [-0.3, -0.25) is 9.69 Å². The Balaban J connectivity index is 2.27. The lowest BCUT2D eigenvalue weighted by atomic mass is 10.2. The molecule has 1 heterocycles. The van der Waals surface area contributed by atoms with Gasteiger partial charge in [0.15, 0.2) is 0 Å². The summed E-state index contributed by atoms with van der Waals surface area (Å²) in [6.45, 7) is 5.54. The van der Waals surface area contributed by atoms with Crippen LogP contribution in [0.5, 0.6) is 0 Å². The van der Waals surface area contributed by atoms with Crippen LogP contribution in [-0.4, -0.2) is 33.0 Å². The first-order chi connectivity index (χ1) is 9.65. The van der Waals surface area contributed by atoms with Gasteiger partial charge in [0.05, 0.1) is 24.0 Å². The van der Waals surface area contributed by atoms with Crippen molar-refractivity contribution in [3.63, 3.8) is 0 Å². The van der Waals surface area contributed by atoms with Crippen LogP contribution < -0.4 is 5.56 Å². The van der Waals surface area contributed by atoms with E-state index in [4.69, 9.17) is 5.26 Å². The second-order valence-electron chi connectivity index (χ2n) is 4.75. The van der Waals surface area contributed by atoms with Crippen molar-refractivity contribution < 1.29 is 0 Å². The molecule has 0 spiro atoms. The number of hydrogen-bond donors (Lipinski definition) is 0. The number of hydrogen-bond acceptors (Lipinski definition) is 5. The Hall–Kier alpha value is -2.26. The van der Waals surface area contributed by atoms with E-state index >= 15 is 0 Å². The highest BCUT2D eigenvalue weighted by molar-refractivity contribution is 5.76. The number of nitriles is 1. The van der Waals surface area contributed by atoms with E-state index < -0.39 is 0 Å². The fourth-order valence-corrected chi connectivity index (χ4v) is 2.02. The zero-order chi connectivity index (χ0) is 14.5. The van der Waals surface area contributed by atoms with Gasteiger partial charge in [0.2, 0.25) is 0 Å². The average Bonchev–Trinajstić information content (AvgIpc) is 2.49. The van der Waals surface area contributed by atoms with Gasteiger partial charge in [-0.25, -0.2) is 0 Å². The molecule has 1 aromatic carbocycles. The van der Waals surface area contributed by atoms with E-state index in [-0.39, 0.29) is 11.5 Å². The number of benzene rings is 1. The molecule has 0 unspecified atom stereocenters. The van der Waals surface area contributed by atoms with Crippen LogP contribution in [-0.2, 0) is 6.67 Å². The first kappa shape index (κ1) is 14.2. The Labute approximate surface area is 117 Å². The molecule has 6 heteroatoms. The first-order valence-corrected chi connectivity index (χ1v) is 6.60. The quantitative estimate of drug-likeness (QED) is 0.817. The van der Waals surface area contributed by atoms with Gasteiger partial charge >= 0.3 is 0 Å². The van der Waals surface area contributed by atoms with Crippen molar-refractivity contribution in [3.8, 4) is 6.07 Å². The zero-order valence-corrected chi connectivity index (χ0v) is 11.7. The largest absolute Gasteiger partial charge is 0.283 e. The second-order valence-corrected chi connectivity index (χ2v) is 4.75. The van der Waals surface area contributed by atoms with Gasteiger partial charge in [0.25, 0.3) is 5.56 Å². The number of rotatable bonds is 5. The predicted molar refractivity (Wildman–Crippen MR) is 75.8 cm³/mol. The molecule has 20 heavy (non-hydrogen) atoms. The maximum Gasteiger partial charge on any atom is 0.278 e. The molecule has 0 amide bonds. The molecule has 0 aliphatic rings. The third kappa shape index (κ3) is 3.00. The Morgan fingerprint density at radius 2 is 2.20 bits per heavy atom. The highest BCUT2D eigenvalue weighted by atomic mass is 16.1. The van der Waals surface area contributed by atoms with Crippen molar-refractivity contribution in [1.29, 1.82) is 5.26 Å². The summed E-state index contributed by atoms with van der Waals surface area (Å²) in [7, 11) is 0. The molecule has 0 fully saturated rings. The standard InChI is InChI=1S/C14H17N5O/c1-3-18(9-11(2)8-15)10-19-14(20)12-6-4-5-7-13(12)16-17-19/h4-7,11H,3,9-10H2,1-2H3/t11-/m1/s1. The lowest BCUT2D eigenvalue weighted by Crippen LogP contribution is -2.36. The SMILES string of the molecule is CCN(C[C@H](C)C#N)Cn1nnc2ccccc2c1=O. The van der Waals surface area contributed by atoms with Gasteiger partial charge in [0, 0.05) is 6.54 Å². The summed E-state index contributed by atoms with van der Waals surface area (Å²) in [6, 6.07) is 9.35. The number of aromatic nitrogens is 3. The zero-order valence-electron chi connectivity index (χ0n) is 11.7. The predicted octanol–water partition coefficient (Wildman–Crippen LogP) is 1.23. The van der Waals surface area contributed by atoms with E-state index in [1.807, 2.05) is 30.9 Å². The molecule has 1 atom stereocenters. The highest BCUT2D eigenvalue weighted by Crippen LogP contribution is 2.04. The summed E-state index contributed by atoms with van der Waals surface area (Å²) < 4.78 is 1.34. The van der Waals surface area contributed by atoms with Crippen molar-refractivity contribution in [1.82, 2.24) is 19.9 Å². The summed E-state index contributed by atoms with van der Waals surface area (Å²) in [5.41, 5.74) is 0.445. The van der Waals surface area contributed by atoms with Crippen LogP contribution in [0.1, 0.15) is 13.8 Å². The molecule has 1 aromatic heterocycles. The van der Waals surface area contributed by atoms with Gasteiger partial charge in [-0.1, -0.05) is 24.3 Å². The van der Waals surface area contributed by atoms with Gasteiger partial charge < -0.3 is 0 Å². The van der Waals surface area contributed by atoms with E-state index in [0.29, 0.717) is 24.1 Å². The monoisotopic (exact) mass is 271 g/mol. The van der Waals surface area contributed by atoms with Gasteiger partial charge in [-0.2, -0.15) is 9.94 Å². The van der Waals surface area contributed by atoms with Crippen LogP contribution in [0.15, 0.2) is 29.1 Å². The molecule has 0 bridgehead atoms. The van der Waals surface area contributed by atoms with Gasteiger partial charge in [-0.05, 0) is 25.6 Å². The Kier molecular flexibility index (Phi) is 4.43. The molecule has 0 aliphatic carbocycles. The van der Waals surface area contributed by atoms with Crippen LogP contribution in [0.2, 0.25) is 0 Å². The van der Waals surface area contributed by atoms with Crippen LogP contribution in [0, 0.1) is 17.2 Å². The second kappa shape index (κ2) is 6.26. The Morgan fingerprint density at radius 3 is 2.90 bits per heavy atom. The fraction of sp³-hybridized carbons (Fsp3) is 0.429. The molecule has 0 saturated carbocycles.